The third-order valence-electron chi connectivity index (χ3n) is 27.4. The highest BCUT2D eigenvalue weighted by Crippen LogP contribution is 2.38. The number of esters is 3. The van der Waals surface area contributed by atoms with Gasteiger partial charge in [0.05, 0.1) is 39.1 Å². The lowest BCUT2D eigenvalue weighted by atomic mass is 9.77. The van der Waals surface area contributed by atoms with Crippen molar-refractivity contribution in [2.75, 3.05) is 48.0 Å². The van der Waals surface area contributed by atoms with Gasteiger partial charge in [-0.2, -0.15) is 0 Å². The van der Waals surface area contributed by atoms with Gasteiger partial charge in [-0.3, -0.25) is 14.4 Å². The van der Waals surface area contributed by atoms with E-state index in [-0.39, 0.29) is 99.4 Å². The summed E-state index contributed by atoms with van der Waals surface area (Å²) in [7, 11) is 6.86. The van der Waals surface area contributed by atoms with E-state index in [0.29, 0.717) is 6.42 Å². The number of nitrogens with zero attached hydrogens (tertiary/aromatic N) is 7. The van der Waals surface area contributed by atoms with Gasteiger partial charge in [0.1, 0.15) is 12.3 Å². The summed E-state index contributed by atoms with van der Waals surface area (Å²) in [6, 6.07) is 49.2. The second kappa shape index (κ2) is 43.4. The molecule has 2 aliphatic heterocycles. The zero-order valence-electron chi connectivity index (χ0n) is 75.8. The van der Waals surface area contributed by atoms with E-state index >= 15 is 0 Å². The first-order valence-corrected chi connectivity index (χ1v) is 44.1. The zero-order valence-corrected chi connectivity index (χ0v) is 75.8. The smallest absolute Gasteiger partial charge is 0.336 e. The van der Waals surface area contributed by atoms with Gasteiger partial charge >= 0.3 is 47.0 Å². The number of hydrogen-bond acceptors (Lipinski definition) is 11. The number of carbonyl (C=O) groups excluding carboxylic acids is 5. The lowest BCUT2D eigenvalue weighted by Crippen LogP contribution is -2.55. The fraction of sp³-hybridized carbons (Fsp3) is 0.525. The third-order valence-corrected chi connectivity index (χ3v) is 27.4. The predicted octanol–water partition coefficient (Wildman–Crippen LogP) is 21.5. The maximum Gasteiger partial charge on any atom is 0.336 e. The van der Waals surface area contributed by atoms with Crippen molar-refractivity contribution < 1.29 is 38.2 Å². The normalized spacial score (nSPS) is 16.0. The Labute approximate surface area is 709 Å². The maximum atomic E-state index is 13.5. The van der Waals surface area contributed by atoms with Gasteiger partial charge in [-0.1, -0.05) is 277 Å². The van der Waals surface area contributed by atoms with Gasteiger partial charge < -0.3 is 33.8 Å². The maximum absolute atomic E-state index is 13.5. The number of urea groups is 2. The topological polar surface area (TPSA) is 192 Å². The third kappa shape index (κ3) is 23.4. The van der Waals surface area contributed by atoms with Crippen LogP contribution in [-0.4, -0.2) is 124 Å². The predicted molar refractivity (Wildman–Crippen MR) is 487 cm³/mol. The number of ether oxygens (including phenoxy) is 3. The quantitative estimate of drug-likeness (QED) is 0.0320. The molecule has 1 aromatic heterocycles. The Hall–Kier alpha value is -9.84. The number of aromatic nitrogens is 3. The van der Waals surface area contributed by atoms with Crippen LogP contribution in [0.1, 0.15) is 241 Å². The molecule has 0 N–H and O–H groups in total. The highest BCUT2D eigenvalue weighted by Gasteiger charge is 2.54. The Morgan fingerprint density at radius 1 is 0.370 bits per heavy atom. The van der Waals surface area contributed by atoms with Gasteiger partial charge in [0.25, 0.3) is 0 Å². The molecule has 0 spiro atoms. The molecule has 9 aromatic rings. The van der Waals surface area contributed by atoms with Crippen molar-refractivity contribution in [1.29, 1.82) is 0 Å². The second-order valence-corrected chi connectivity index (χ2v) is 34.4. The van der Waals surface area contributed by atoms with Crippen molar-refractivity contribution in [3.8, 4) is 0 Å². The molecule has 8 aromatic carbocycles. The zero-order chi connectivity index (χ0) is 87.2. The Morgan fingerprint density at radius 3 is 0.975 bits per heavy atom. The van der Waals surface area contributed by atoms with Crippen LogP contribution in [0.4, 0.5) is 9.59 Å². The molecule has 12 rings (SSSR count). The largest absolute Gasteiger partial charge is 0.466 e. The number of carbonyl (C=O) groups is 5. The van der Waals surface area contributed by atoms with E-state index in [1.54, 1.807) is 47.8 Å². The summed E-state index contributed by atoms with van der Waals surface area (Å²) in [6.07, 6.45) is 15.3. The van der Waals surface area contributed by atoms with Crippen LogP contribution in [0, 0.1) is 69.6 Å². The first-order chi connectivity index (χ1) is 56.7. The molecular formula is C101H139N7O11. The van der Waals surface area contributed by atoms with Crippen LogP contribution >= 0.6 is 0 Å². The standard InChI is InChI=1S/C37H65N3O9.C25H24.C23H20.C8H14N4O2.C8H16/c1-10-35(11-2,12-3)22-26-47-29(41)19-23-38-32(44)39(24-20-30(42)48-27-36(13-4,14-5)15-6)34(46)40(33(38)45)25-21-31(43)49-28-37(16-7,17-8)18-9;1-16-5-9-20-11-7-18(3)22(24(20)13-16)15-23-19(4)8-12-21-10-6-17(2)14-25(21)23;1-16-9-11-18-5-3-7-20(22(18)13-16)15-21-8-4-6-19-12-10-17(2)14-23(19)21;1-9-5-6(11(3)7(9)13)12(4)8(14)10(5)2;1-7-5-3-4-6-8(7)2/h10-28H2,1-9H3;5-14H,15H2,1-4H3;3-14H,15H2,1-2H3;5-6H,1-4H3;7-8H,3-6H2,1-2H3. The highest BCUT2D eigenvalue weighted by atomic mass is 16.5. The van der Waals surface area contributed by atoms with Crippen LogP contribution < -0.4 is 17.1 Å². The van der Waals surface area contributed by atoms with E-state index in [4.69, 9.17) is 14.2 Å². The molecule has 1 aliphatic carbocycles. The number of benzene rings is 8. The molecule has 3 fully saturated rings. The van der Waals surface area contributed by atoms with Crippen molar-refractivity contribution in [3.63, 3.8) is 0 Å². The first-order valence-electron chi connectivity index (χ1n) is 44.1. The van der Waals surface area contributed by atoms with Crippen LogP contribution in [0.2, 0.25) is 0 Å². The molecular weight excluding hydrogens is 1490 g/mol. The number of fused-ring (bicyclic) bond motifs is 5. The molecule has 18 nitrogen and oxygen atoms in total. The van der Waals surface area contributed by atoms with Gasteiger partial charge in [-0.05, 0) is 193 Å². The summed E-state index contributed by atoms with van der Waals surface area (Å²) in [5, 5.41) is 10.8. The van der Waals surface area contributed by atoms with E-state index in [1.807, 2.05) is 41.5 Å². The SMILES string of the molecule is CC1CCCCC1C.CCC(CC)(CC)CCOC(=O)CCn1c(=O)n(CCC(=O)OCC(CC)(CC)CC)c(=O)n(CCC(=O)OCC(CC)(CC)CC)c1=O.CN1C(=O)N(C)C2C1N(C)C(=O)N2C.Cc1ccc2ccc(C)c(Cc3c(C)ccc4ccc(C)cc34)c2c1.Cc1ccc2cccc(Cc3cccc4ccc(C)cc34)c2c1. The van der Waals surface area contributed by atoms with Crippen LogP contribution in [0.3, 0.4) is 0 Å². The average molecular weight is 1630 g/mol. The Balaban J connectivity index is 0.000000208. The van der Waals surface area contributed by atoms with E-state index in [0.717, 1.165) is 96.2 Å². The molecule has 2 saturated heterocycles. The van der Waals surface area contributed by atoms with E-state index in [2.05, 4.69) is 210 Å². The summed E-state index contributed by atoms with van der Waals surface area (Å²) >= 11 is 0. The molecule has 18 heteroatoms. The first kappa shape index (κ1) is 94.6. The van der Waals surface area contributed by atoms with Crippen LogP contribution in [0.15, 0.2) is 148 Å². The Kier molecular flexibility index (Phi) is 34.5. The van der Waals surface area contributed by atoms with Crippen LogP contribution in [-0.2, 0) is 61.1 Å². The van der Waals surface area contributed by atoms with E-state index in [9.17, 15) is 38.4 Å². The Morgan fingerprint density at radius 2 is 0.664 bits per heavy atom. The molecule has 2 atom stereocenters. The number of hydrogen-bond donors (Lipinski definition) is 0. The van der Waals surface area contributed by atoms with Crippen molar-refractivity contribution in [2.24, 2.45) is 28.1 Å². The summed E-state index contributed by atoms with van der Waals surface area (Å²) < 4.78 is 18.9. The van der Waals surface area contributed by atoms with Crippen molar-refractivity contribution in [2.45, 2.75) is 272 Å². The molecule has 644 valence electrons. The molecule has 3 aliphatic rings. The van der Waals surface area contributed by atoms with Gasteiger partial charge in [-0.25, -0.2) is 37.7 Å². The molecule has 1 saturated carbocycles. The molecule has 2 unspecified atom stereocenters. The summed E-state index contributed by atoms with van der Waals surface area (Å²) in [5.41, 5.74) is 10.7. The van der Waals surface area contributed by atoms with E-state index < -0.39 is 35.0 Å². The molecule has 3 heterocycles. The highest BCUT2D eigenvalue weighted by molar-refractivity contribution is 5.92. The molecule has 0 bridgehead atoms. The fourth-order valence-corrected chi connectivity index (χ4v) is 17.4. The molecule has 4 amide bonds. The average Bonchev–Trinajstić information content (AvgIpc) is 1.58. The van der Waals surface area contributed by atoms with Crippen molar-refractivity contribution >= 4 is 73.1 Å². The lowest BCUT2D eigenvalue weighted by molar-refractivity contribution is -0.148. The van der Waals surface area contributed by atoms with Gasteiger partial charge in [-0.15, -0.1) is 0 Å². The molecule has 0 radical (unpaired) electrons. The monoisotopic (exact) mass is 1630 g/mol. The summed E-state index contributed by atoms with van der Waals surface area (Å²) in [4.78, 5) is 108. The summed E-state index contributed by atoms with van der Waals surface area (Å²) in [5.74, 6) is 0.289. The lowest BCUT2D eigenvalue weighted by Gasteiger charge is -2.30. The number of amides is 4. The second-order valence-electron chi connectivity index (χ2n) is 34.4. The summed E-state index contributed by atoms with van der Waals surface area (Å²) in [6.45, 7) is 36.2. The number of likely N-dealkylation sites (N-methyl/N-ethyl adjacent to an activating group) is 4. The Bertz CT molecular complexity index is 4810. The fourth-order valence-electron chi connectivity index (χ4n) is 17.4. The van der Waals surface area contributed by atoms with Gasteiger partial charge in [0.2, 0.25) is 0 Å². The minimum absolute atomic E-state index is 0.0498. The van der Waals surface area contributed by atoms with Gasteiger partial charge in [0, 0.05) is 58.7 Å². The number of rotatable bonds is 29. The van der Waals surface area contributed by atoms with Crippen molar-refractivity contribution in [1.82, 2.24) is 33.3 Å². The minimum Gasteiger partial charge on any atom is -0.466 e. The molecule has 119 heavy (non-hydrogen) atoms. The van der Waals surface area contributed by atoms with Gasteiger partial charge in [0.15, 0.2) is 0 Å². The van der Waals surface area contributed by atoms with Crippen molar-refractivity contribution in [3.05, 3.63) is 221 Å². The minimum atomic E-state index is -0.945. The van der Waals surface area contributed by atoms with E-state index in [1.165, 1.54) is 124 Å². The number of aryl methyl sites for hydroxylation is 6. The van der Waals surface area contributed by atoms with Crippen LogP contribution in [0.25, 0.3) is 43.1 Å². The van der Waals surface area contributed by atoms with Crippen LogP contribution in [0.5, 0.6) is 0 Å².